The molecule has 23 heavy (non-hydrogen) atoms. The molecule has 0 saturated heterocycles. The van der Waals surface area contributed by atoms with Crippen LogP contribution in [0.3, 0.4) is 0 Å². The first-order valence-corrected chi connectivity index (χ1v) is 8.93. The molecule has 0 bridgehead atoms. The molecule has 1 atom stereocenters. The number of nitrogens with zero attached hydrogens (tertiary/aromatic N) is 2. The predicted octanol–water partition coefficient (Wildman–Crippen LogP) is 1.89. The Bertz CT molecular complexity index is 754. The molecule has 124 valence electrons. The van der Waals surface area contributed by atoms with Gasteiger partial charge >= 0.3 is 0 Å². The Kier molecular flexibility index (Phi) is 6.37. The van der Waals surface area contributed by atoms with E-state index in [4.69, 9.17) is 4.74 Å². The van der Waals surface area contributed by atoms with Gasteiger partial charge in [0.2, 0.25) is 5.91 Å². The predicted molar refractivity (Wildman–Crippen MR) is 94.3 cm³/mol. The topological polar surface area (TPSA) is 73.2 Å². The molecule has 0 aromatic carbocycles. The van der Waals surface area contributed by atoms with Crippen LogP contribution in [0.2, 0.25) is 0 Å². The van der Waals surface area contributed by atoms with Gasteiger partial charge in [0.1, 0.15) is 4.70 Å². The van der Waals surface area contributed by atoms with Gasteiger partial charge in [-0.1, -0.05) is 17.8 Å². The van der Waals surface area contributed by atoms with Crippen molar-refractivity contribution in [1.82, 2.24) is 14.9 Å². The highest BCUT2D eigenvalue weighted by atomic mass is 32.2. The number of allylic oxidation sites excluding steroid dienone is 1. The summed E-state index contributed by atoms with van der Waals surface area (Å²) in [6.45, 7) is 6.36. The van der Waals surface area contributed by atoms with Crippen LogP contribution in [-0.4, -0.2) is 41.0 Å². The zero-order valence-corrected chi connectivity index (χ0v) is 14.7. The highest BCUT2D eigenvalue weighted by molar-refractivity contribution is 7.99. The van der Waals surface area contributed by atoms with E-state index in [1.54, 1.807) is 17.8 Å². The van der Waals surface area contributed by atoms with Crippen LogP contribution in [0, 0.1) is 0 Å². The second-order valence-electron chi connectivity index (χ2n) is 4.95. The fourth-order valence-corrected chi connectivity index (χ4v) is 3.66. The number of ether oxygens (including phenoxy) is 1. The lowest BCUT2D eigenvalue weighted by atomic mass is 10.3. The van der Waals surface area contributed by atoms with Gasteiger partial charge in [-0.15, -0.1) is 17.9 Å². The molecule has 0 saturated carbocycles. The van der Waals surface area contributed by atoms with Crippen LogP contribution in [0.4, 0.5) is 0 Å². The molecule has 0 aliphatic rings. The van der Waals surface area contributed by atoms with E-state index in [1.807, 2.05) is 18.4 Å². The molecule has 0 radical (unpaired) electrons. The van der Waals surface area contributed by atoms with E-state index in [-0.39, 0.29) is 23.3 Å². The highest BCUT2D eigenvalue weighted by Gasteiger charge is 2.14. The van der Waals surface area contributed by atoms with Crippen molar-refractivity contribution in [3.63, 3.8) is 0 Å². The van der Waals surface area contributed by atoms with Crippen LogP contribution in [0.5, 0.6) is 0 Å². The molecule has 1 amide bonds. The fourth-order valence-electron chi connectivity index (χ4n) is 2.06. The van der Waals surface area contributed by atoms with E-state index in [2.05, 4.69) is 16.9 Å². The molecule has 2 heterocycles. The third-order valence-corrected chi connectivity index (χ3v) is 4.87. The van der Waals surface area contributed by atoms with Crippen LogP contribution in [0.1, 0.15) is 6.92 Å². The van der Waals surface area contributed by atoms with Gasteiger partial charge in [0.05, 0.1) is 17.9 Å². The normalized spacial score (nSPS) is 12.3. The molecule has 6 nitrogen and oxygen atoms in total. The van der Waals surface area contributed by atoms with E-state index in [1.165, 1.54) is 23.1 Å². The van der Waals surface area contributed by atoms with Crippen LogP contribution in [0.15, 0.2) is 34.1 Å². The molecular weight excluding hydrogens is 334 g/mol. The van der Waals surface area contributed by atoms with Crippen molar-refractivity contribution in [2.75, 3.05) is 19.5 Å². The first-order valence-electron chi connectivity index (χ1n) is 7.06. The number of aromatic nitrogens is 2. The van der Waals surface area contributed by atoms with Gasteiger partial charge in [-0.25, -0.2) is 4.98 Å². The average molecular weight is 353 g/mol. The van der Waals surface area contributed by atoms with Gasteiger partial charge in [0.15, 0.2) is 5.16 Å². The maximum Gasteiger partial charge on any atom is 0.272 e. The van der Waals surface area contributed by atoms with Gasteiger partial charge in [-0.05, 0) is 18.4 Å². The summed E-state index contributed by atoms with van der Waals surface area (Å²) in [5, 5.41) is 5.19. The smallest absolute Gasteiger partial charge is 0.272 e. The first kappa shape index (κ1) is 17.7. The number of thiophene rings is 1. The molecule has 0 spiro atoms. The fraction of sp³-hybridized carbons (Fsp3) is 0.400. The van der Waals surface area contributed by atoms with E-state index in [0.29, 0.717) is 28.5 Å². The van der Waals surface area contributed by atoms with Crippen molar-refractivity contribution in [2.24, 2.45) is 0 Å². The Morgan fingerprint density at radius 3 is 3.13 bits per heavy atom. The first-order chi connectivity index (χ1) is 11.1. The zero-order valence-electron chi connectivity index (χ0n) is 13.1. The lowest BCUT2D eigenvalue weighted by molar-refractivity contribution is -0.119. The second-order valence-corrected chi connectivity index (χ2v) is 6.80. The monoisotopic (exact) mass is 353 g/mol. The third kappa shape index (κ3) is 4.43. The number of thioether (sulfide) groups is 1. The number of methoxy groups -OCH3 is 1. The van der Waals surface area contributed by atoms with Crippen LogP contribution >= 0.6 is 23.1 Å². The Hall–Kier alpha value is -1.64. The summed E-state index contributed by atoms with van der Waals surface area (Å²) < 4.78 is 7.15. The van der Waals surface area contributed by atoms with Crippen molar-refractivity contribution in [1.29, 1.82) is 0 Å². The molecule has 0 aliphatic carbocycles. The SMILES string of the molecule is C=CCn1c(SCC(=O)NC(C)COC)nc2ccsc2c1=O. The Balaban J connectivity index is 2.15. The lowest BCUT2D eigenvalue weighted by Gasteiger charge is -2.13. The minimum Gasteiger partial charge on any atom is -0.383 e. The molecule has 0 fully saturated rings. The van der Waals surface area contributed by atoms with Gasteiger partial charge in [0, 0.05) is 19.7 Å². The Morgan fingerprint density at radius 2 is 2.43 bits per heavy atom. The van der Waals surface area contributed by atoms with Gasteiger partial charge in [0.25, 0.3) is 5.56 Å². The Labute approximate surface area is 142 Å². The summed E-state index contributed by atoms with van der Waals surface area (Å²) in [6.07, 6.45) is 1.65. The molecule has 1 unspecified atom stereocenters. The number of carbonyl (C=O) groups is 1. The summed E-state index contributed by atoms with van der Waals surface area (Å²) in [5.74, 6) is 0.0668. The summed E-state index contributed by atoms with van der Waals surface area (Å²) in [4.78, 5) is 28.9. The van der Waals surface area contributed by atoms with Crippen molar-refractivity contribution in [2.45, 2.75) is 24.7 Å². The number of carbonyl (C=O) groups excluding carboxylic acids is 1. The van der Waals surface area contributed by atoms with E-state index >= 15 is 0 Å². The number of hydrogen-bond acceptors (Lipinski definition) is 6. The van der Waals surface area contributed by atoms with Gasteiger partial charge in [-0.3, -0.25) is 14.2 Å². The van der Waals surface area contributed by atoms with Crippen LogP contribution in [0.25, 0.3) is 10.2 Å². The molecule has 2 aromatic rings. The standard InChI is InChI=1S/C15H19N3O3S2/c1-4-6-18-14(20)13-11(5-7-22-13)17-15(18)23-9-12(19)16-10(2)8-21-3/h4-5,7,10H,1,6,8-9H2,2-3H3,(H,16,19). The summed E-state index contributed by atoms with van der Waals surface area (Å²) in [6, 6.07) is 1.75. The lowest BCUT2D eigenvalue weighted by Crippen LogP contribution is -2.36. The summed E-state index contributed by atoms with van der Waals surface area (Å²) in [5.41, 5.74) is 0.566. The Morgan fingerprint density at radius 1 is 1.65 bits per heavy atom. The van der Waals surface area contributed by atoms with Crippen molar-refractivity contribution in [3.8, 4) is 0 Å². The van der Waals surface area contributed by atoms with Gasteiger partial charge < -0.3 is 10.1 Å². The van der Waals surface area contributed by atoms with Crippen LogP contribution in [-0.2, 0) is 16.1 Å². The number of fused-ring (bicyclic) bond motifs is 1. The highest BCUT2D eigenvalue weighted by Crippen LogP contribution is 2.20. The van der Waals surface area contributed by atoms with E-state index in [9.17, 15) is 9.59 Å². The van der Waals surface area contributed by atoms with Crippen molar-refractivity contribution >= 4 is 39.2 Å². The number of amides is 1. The largest absolute Gasteiger partial charge is 0.383 e. The summed E-state index contributed by atoms with van der Waals surface area (Å²) >= 11 is 2.61. The van der Waals surface area contributed by atoms with E-state index in [0.717, 1.165) is 0 Å². The maximum absolute atomic E-state index is 12.5. The summed E-state index contributed by atoms with van der Waals surface area (Å²) in [7, 11) is 1.59. The zero-order chi connectivity index (χ0) is 16.8. The number of rotatable bonds is 8. The maximum atomic E-state index is 12.5. The molecule has 2 rings (SSSR count). The van der Waals surface area contributed by atoms with Crippen molar-refractivity contribution in [3.05, 3.63) is 34.5 Å². The molecule has 1 N–H and O–H groups in total. The average Bonchev–Trinajstić information content (AvgIpc) is 2.97. The minimum absolute atomic E-state index is 0.0595. The number of nitrogens with one attached hydrogen (secondary N) is 1. The van der Waals surface area contributed by atoms with Gasteiger partial charge in [-0.2, -0.15) is 0 Å². The molecule has 2 aromatic heterocycles. The van der Waals surface area contributed by atoms with Crippen molar-refractivity contribution < 1.29 is 9.53 Å². The van der Waals surface area contributed by atoms with Crippen LogP contribution < -0.4 is 10.9 Å². The minimum atomic E-state index is -0.121. The molecule has 0 aliphatic heterocycles. The second kappa shape index (κ2) is 8.28. The van der Waals surface area contributed by atoms with E-state index < -0.39 is 0 Å². The molecule has 8 heteroatoms. The number of hydrogen-bond donors (Lipinski definition) is 1. The molecular formula is C15H19N3O3S2. The quantitative estimate of drug-likeness (QED) is 0.446. The third-order valence-electron chi connectivity index (χ3n) is 3.00.